The van der Waals surface area contributed by atoms with Crippen LogP contribution in [0.25, 0.3) is 6.08 Å². The van der Waals surface area contributed by atoms with Gasteiger partial charge in [-0.15, -0.1) is 0 Å². The maximum atomic E-state index is 12.8. The lowest BCUT2D eigenvalue weighted by Gasteiger charge is -2.44. The van der Waals surface area contributed by atoms with Crippen molar-refractivity contribution in [3.8, 4) is 0 Å². The summed E-state index contributed by atoms with van der Waals surface area (Å²) in [4.78, 5) is 55.6. The zero-order valence-electron chi connectivity index (χ0n) is 24.3. The Kier molecular flexibility index (Phi) is 11.6. The first kappa shape index (κ1) is 31.5. The van der Waals surface area contributed by atoms with Crippen LogP contribution in [0.5, 0.6) is 0 Å². The number of carbonyl (C=O) groups excluding carboxylic acids is 4. The van der Waals surface area contributed by atoms with Crippen LogP contribution < -0.4 is 16.0 Å². The van der Waals surface area contributed by atoms with Gasteiger partial charge >= 0.3 is 18.2 Å². The van der Waals surface area contributed by atoms with Crippen molar-refractivity contribution in [2.45, 2.75) is 32.1 Å². The molecule has 1 saturated heterocycles. The Morgan fingerprint density at radius 3 is 1.86 bits per heavy atom. The van der Waals surface area contributed by atoms with Gasteiger partial charge in [-0.25, -0.2) is 14.4 Å². The number of rotatable bonds is 10. The van der Waals surface area contributed by atoms with E-state index in [0.717, 1.165) is 16.7 Å². The summed E-state index contributed by atoms with van der Waals surface area (Å²) in [5.41, 5.74) is 2.54. The lowest BCUT2D eigenvalue weighted by Crippen LogP contribution is -2.64. The van der Waals surface area contributed by atoms with Gasteiger partial charge in [-0.2, -0.15) is 0 Å². The van der Waals surface area contributed by atoms with Crippen molar-refractivity contribution >= 4 is 36.2 Å². The Hall–Kier alpha value is -5.45. The van der Waals surface area contributed by atoms with Gasteiger partial charge in [0.15, 0.2) is 0 Å². The molecule has 0 radical (unpaired) electrons. The highest BCUT2D eigenvalue weighted by atomic mass is 16.6. The van der Waals surface area contributed by atoms with E-state index in [1.165, 1.54) is 11.9 Å². The second-order valence-corrected chi connectivity index (χ2v) is 9.88. The number of hydrogen-bond acceptors (Lipinski definition) is 7. The summed E-state index contributed by atoms with van der Waals surface area (Å²) < 4.78 is 10.5. The van der Waals surface area contributed by atoms with Crippen LogP contribution in [-0.2, 0) is 27.5 Å². The molecule has 3 aromatic rings. The largest absolute Gasteiger partial charge is 0.444 e. The van der Waals surface area contributed by atoms with Crippen molar-refractivity contribution < 1.29 is 28.7 Å². The molecule has 1 aliphatic rings. The molecule has 1 heterocycles. The molecule has 0 saturated carbocycles. The molecule has 11 heteroatoms. The highest BCUT2D eigenvalue weighted by Gasteiger charge is 2.48. The van der Waals surface area contributed by atoms with Crippen LogP contribution in [-0.4, -0.2) is 54.6 Å². The van der Waals surface area contributed by atoms with Crippen molar-refractivity contribution in [2.24, 2.45) is 10.9 Å². The number of amides is 5. The number of guanidine groups is 1. The summed E-state index contributed by atoms with van der Waals surface area (Å²) in [6, 6.07) is 27.0. The van der Waals surface area contributed by atoms with Gasteiger partial charge in [-0.1, -0.05) is 103 Å². The number of aliphatic imine (C=N–C) groups is 1. The second-order valence-electron chi connectivity index (χ2n) is 9.88. The molecule has 2 atom stereocenters. The van der Waals surface area contributed by atoms with Gasteiger partial charge in [-0.3, -0.25) is 25.3 Å². The van der Waals surface area contributed by atoms with Gasteiger partial charge in [0.05, 0.1) is 12.0 Å². The molecule has 0 unspecified atom stereocenters. The molecule has 44 heavy (non-hydrogen) atoms. The standard InChI is InChI=1S/C33H35N5O6/c1-34-31(40)38-28(20-19-24-12-5-2-6-13-24)27(29(38)39)18-11-21-35-30(36-32(41)43-22-25-14-7-3-8-15-25)37-33(42)44-23-26-16-9-4-10-17-26/h2-10,12-17,19-20,27-28H,11,18,21-23H2,1H3,(H,34,40)(H2,35,36,37,41,42)/t27-,28-/m1/s1. The summed E-state index contributed by atoms with van der Waals surface area (Å²) in [5.74, 6) is -0.839. The Labute approximate surface area is 256 Å². The third-order valence-corrected chi connectivity index (χ3v) is 6.79. The molecule has 4 rings (SSSR count). The molecule has 228 valence electrons. The first-order chi connectivity index (χ1) is 21.4. The number of nitrogens with one attached hydrogen (secondary N) is 3. The monoisotopic (exact) mass is 597 g/mol. The lowest BCUT2D eigenvalue weighted by atomic mass is 9.83. The van der Waals surface area contributed by atoms with Crippen LogP contribution in [0.1, 0.15) is 29.5 Å². The summed E-state index contributed by atoms with van der Waals surface area (Å²) >= 11 is 0. The first-order valence-electron chi connectivity index (χ1n) is 14.2. The van der Waals surface area contributed by atoms with E-state index in [1.54, 1.807) is 0 Å². The van der Waals surface area contributed by atoms with Crippen molar-refractivity contribution in [1.29, 1.82) is 0 Å². The maximum Gasteiger partial charge on any atom is 0.414 e. The van der Waals surface area contributed by atoms with Crippen LogP contribution in [0.3, 0.4) is 0 Å². The number of alkyl carbamates (subject to hydrolysis) is 2. The Morgan fingerprint density at radius 2 is 1.34 bits per heavy atom. The fourth-order valence-electron chi connectivity index (χ4n) is 4.54. The van der Waals surface area contributed by atoms with E-state index in [0.29, 0.717) is 12.8 Å². The number of benzene rings is 3. The SMILES string of the molecule is CNC(=O)N1C(=O)[C@H](CCCN=C(NC(=O)OCc2ccccc2)NC(=O)OCc2ccccc2)[C@H]1C=Cc1ccccc1. The number of imide groups is 1. The number of carbonyl (C=O) groups is 4. The molecule has 1 aliphatic heterocycles. The highest BCUT2D eigenvalue weighted by Crippen LogP contribution is 2.32. The van der Waals surface area contributed by atoms with Crippen LogP contribution in [0.15, 0.2) is 102 Å². The predicted octanol–water partition coefficient (Wildman–Crippen LogP) is 4.86. The summed E-state index contributed by atoms with van der Waals surface area (Å²) in [7, 11) is 1.48. The molecule has 0 aromatic heterocycles. The van der Waals surface area contributed by atoms with Crippen molar-refractivity contribution in [3.05, 3.63) is 114 Å². The Balaban J connectivity index is 1.36. The maximum absolute atomic E-state index is 12.8. The molecule has 1 fully saturated rings. The molecule has 0 aliphatic carbocycles. The molecule has 0 bridgehead atoms. The number of urea groups is 1. The predicted molar refractivity (Wildman–Crippen MR) is 165 cm³/mol. The zero-order chi connectivity index (χ0) is 31.1. The lowest BCUT2D eigenvalue weighted by molar-refractivity contribution is -0.147. The summed E-state index contributed by atoms with van der Waals surface area (Å²) in [6.07, 6.45) is 2.99. The zero-order valence-corrected chi connectivity index (χ0v) is 24.3. The van der Waals surface area contributed by atoms with Crippen LogP contribution >= 0.6 is 0 Å². The van der Waals surface area contributed by atoms with Gasteiger partial charge in [0.2, 0.25) is 11.9 Å². The minimum absolute atomic E-state index is 0.0297. The molecule has 11 nitrogen and oxygen atoms in total. The molecule has 3 N–H and O–H groups in total. The number of hydrogen-bond donors (Lipinski definition) is 3. The Bertz CT molecular complexity index is 1400. The minimum atomic E-state index is -0.808. The fourth-order valence-corrected chi connectivity index (χ4v) is 4.54. The molecular formula is C33H35N5O6. The summed E-state index contributed by atoms with van der Waals surface area (Å²) in [5, 5.41) is 7.42. The second kappa shape index (κ2) is 16.3. The number of ether oxygens (including phenoxy) is 2. The van der Waals surface area contributed by atoms with E-state index < -0.39 is 30.2 Å². The third-order valence-electron chi connectivity index (χ3n) is 6.79. The van der Waals surface area contributed by atoms with Gasteiger partial charge in [-0.05, 0) is 29.5 Å². The van der Waals surface area contributed by atoms with E-state index in [4.69, 9.17) is 9.47 Å². The number of nitrogens with zero attached hydrogens (tertiary/aromatic N) is 2. The van der Waals surface area contributed by atoms with E-state index in [-0.39, 0.29) is 31.6 Å². The molecule has 5 amide bonds. The molecule has 3 aromatic carbocycles. The third kappa shape index (κ3) is 9.28. The van der Waals surface area contributed by atoms with Crippen molar-refractivity contribution in [2.75, 3.05) is 13.6 Å². The van der Waals surface area contributed by atoms with E-state index in [2.05, 4.69) is 20.9 Å². The van der Waals surface area contributed by atoms with E-state index in [1.807, 2.05) is 103 Å². The van der Waals surface area contributed by atoms with E-state index >= 15 is 0 Å². The summed E-state index contributed by atoms with van der Waals surface area (Å²) in [6.45, 7) is 0.232. The topological polar surface area (TPSA) is 138 Å². The molecule has 0 spiro atoms. The highest BCUT2D eigenvalue weighted by molar-refractivity contribution is 6.02. The van der Waals surface area contributed by atoms with Crippen LogP contribution in [0.4, 0.5) is 14.4 Å². The van der Waals surface area contributed by atoms with Crippen LogP contribution in [0.2, 0.25) is 0 Å². The number of β-lactam (4-membered cyclic amide) rings is 1. The molecular weight excluding hydrogens is 562 g/mol. The van der Waals surface area contributed by atoms with Gasteiger partial charge in [0, 0.05) is 13.6 Å². The average Bonchev–Trinajstić information content (AvgIpc) is 3.05. The first-order valence-corrected chi connectivity index (χ1v) is 14.2. The minimum Gasteiger partial charge on any atom is -0.444 e. The van der Waals surface area contributed by atoms with Gasteiger partial charge in [0.1, 0.15) is 13.2 Å². The van der Waals surface area contributed by atoms with Crippen LogP contribution in [0, 0.1) is 5.92 Å². The van der Waals surface area contributed by atoms with Gasteiger partial charge in [0.25, 0.3) is 0 Å². The average molecular weight is 598 g/mol. The number of likely N-dealkylation sites (tertiary alicyclic amines) is 1. The van der Waals surface area contributed by atoms with Gasteiger partial charge < -0.3 is 14.8 Å². The van der Waals surface area contributed by atoms with Crippen molar-refractivity contribution in [3.63, 3.8) is 0 Å². The quantitative estimate of drug-likeness (QED) is 0.132. The smallest absolute Gasteiger partial charge is 0.414 e. The fraction of sp³-hybridized carbons (Fsp3) is 0.242. The normalized spacial score (nSPS) is 15.6. The van der Waals surface area contributed by atoms with Crippen molar-refractivity contribution in [1.82, 2.24) is 20.9 Å². The Morgan fingerprint density at radius 1 is 0.818 bits per heavy atom. The van der Waals surface area contributed by atoms with E-state index in [9.17, 15) is 19.2 Å².